The van der Waals surface area contributed by atoms with Crippen molar-refractivity contribution in [2.45, 2.75) is 57.6 Å². The number of carbonyl (C=O) groups excluding carboxylic acids is 2. The number of carbonyl (C=O) groups is 2. The van der Waals surface area contributed by atoms with Gasteiger partial charge in [-0.25, -0.2) is 0 Å². The van der Waals surface area contributed by atoms with Gasteiger partial charge in [-0.05, 0) is 32.1 Å². The lowest BCUT2D eigenvalue weighted by molar-refractivity contribution is -0.140. The Kier molecular flexibility index (Phi) is 7.97. The van der Waals surface area contributed by atoms with Crippen molar-refractivity contribution >= 4 is 24.2 Å². The quantitative estimate of drug-likeness (QED) is 0.812. The second kappa shape index (κ2) is 9.74. The third-order valence-corrected chi connectivity index (χ3v) is 5.68. The van der Waals surface area contributed by atoms with Crippen LogP contribution in [-0.2, 0) is 14.3 Å². The molecule has 3 rings (SSSR count). The number of hydrogen-bond donors (Lipinski definition) is 1. The Hall–Kier alpha value is -0.850. The monoisotopic (exact) mass is 373 g/mol. The van der Waals surface area contributed by atoms with Crippen LogP contribution in [0.1, 0.15) is 45.4 Å². The van der Waals surface area contributed by atoms with E-state index < -0.39 is 0 Å². The van der Waals surface area contributed by atoms with Gasteiger partial charge in [-0.2, -0.15) is 0 Å². The SMILES string of the molecule is C[C@H]1OCCN[C@@H]1C(=O)N1CCCN(C(=O)CC2CCCC2)CC1.Cl. The molecule has 144 valence electrons. The van der Waals surface area contributed by atoms with E-state index in [1.54, 1.807) is 0 Å². The normalized spacial score (nSPS) is 28.4. The highest BCUT2D eigenvalue weighted by atomic mass is 35.5. The molecule has 0 radical (unpaired) electrons. The molecule has 2 atom stereocenters. The van der Waals surface area contributed by atoms with E-state index in [4.69, 9.17) is 4.74 Å². The van der Waals surface area contributed by atoms with Crippen LogP contribution in [0.2, 0.25) is 0 Å². The largest absolute Gasteiger partial charge is 0.375 e. The highest BCUT2D eigenvalue weighted by Gasteiger charge is 2.33. The van der Waals surface area contributed by atoms with Gasteiger partial charge < -0.3 is 19.9 Å². The van der Waals surface area contributed by atoms with Crippen molar-refractivity contribution in [2.75, 3.05) is 39.3 Å². The second-order valence-electron chi connectivity index (χ2n) is 7.42. The molecule has 25 heavy (non-hydrogen) atoms. The van der Waals surface area contributed by atoms with Crippen molar-refractivity contribution in [3.05, 3.63) is 0 Å². The predicted octanol–water partition coefficient (Wildman–Crippen LogP) is 1.43. The maximum atomic E-state index is 12.8. The first kappa shape index (κ1) is 20.5. The molecule has 3 aliphatic rings. The average molecular weight is 374 g/mol. The first-order valence-corrected chi connectivity index (χ1v) is 9.56. The van der Waals surface area contributed by atoms with Gasteiger partial charge in [0, 0.05) is 39.1 Å². The van der Waals surface area contributed by atoms with E-state index in [-0.39, 0.29) is 36.4 Å². The summed E-state index contributed by atoms with van der Waals surface area (Å²) in [6.07, 6.45) is 6.43. The van der Waals surface area contributed by atoms with Crippen molar-refractivity contribution in [2.24, 2.45) is 5.92 Å². The summed E-state index contributed by atoms with van der Waals surface area (Å²) in [5.74, 6) is 0.985. The Balaban J connectivity index is 0.00000225. The van der Waals surface area contributed by atoms with Gasteiger partial charge >= 0.3 is 0 Å². The van der Waals surface area contributed by atoms with Crippen LogP contribution in [0.4, 0.5) is 0 Å². The van der Waals surface area contributed by atoms with Crippen LogP contribution in [0, 0.1) is 5.92 Å². The zero-order valence-corrected chi connectivity index (χ0v) is 16.1. The fourth-order valence-corrected chi connectivity index (χ4v) is 4.18. The molecule has 0 aromatic rings. The van der Waals surface area contributed by atoms with E-state index in [1.807, 2.05) is 16.7 Å². The van der Waals surface area contributed by atoms with E-state index in [0.29, 0.717) is 32.0 Å². The molecule has 0 aromatic heterocycles. The molecule has 0 unspecified atom stereocenters. The van der Waals surface area contributed by atoms with Crippen LogP contribution in [0.3, 0.4) is 0 Å². The summed E-state index contributed by atoms with van der Waals surface area (Å²) < 4.78 is 5.59. The Bertz CT molecular complexity index is 457. The summed E-state index contributed by atoms with van der Waals surface area (Å²) >= 11 is 0. The lowest BCUT2D eigenvalue weighted by atomic mass is 10.0. The van der Waals surface area contributed by atoms with E-state index >= 15 is 0 Å². The lowest BCUT2D eigenvalue weighted by Crippen LogP contribution is -2.56. The maximum absolute atomic E-state index is 12.8. The summed E-state index contributed by atoms with van der Waals surface area (Å²) in [5, 5.41) is 3.27. The summed E-state index contributed by atoms with van der Waals surface area (Å²) in [6.45, 7) is 6.15. The Labute approximate surface area is 157 Å². The predicted molar refractivity (Wildman–Crippen MR) is 98.8 cm³/mol. The molecule has 6 nitrogen and oxygen atoms in total. The minimum Gasteiger partial charge on any atom is -0.375 e. The van der Waals surface area contributed by atoms with E-state index in [9.17, 15) is 9.59 Å². The number of halogens is 1. The molecular weight excluding hydrogens is 342 g/mol. The molecule has 2 amide bonds. The van der Waals surface area contributed by atoms with Crippen molar-refractivity contribution in [1.82, 2.24) is 15.1 Å². The molecule has 0 spiro atoms. The Morgan fingerprint density at radius 3 is 2.44 bits per heavy atom. The van der Waals surface area contributed by atoms with Gasteiger partial charge in [-0.1, -0.05) is 12.8 Å². The molecule has 0 aromatic carbocycles. The number of amides is 2. The van der Waals surface area contributed by atoms with Crippen LogP contribution in [0.5, 0.6) is 0 Å². The summed E-state index contributed by atoms with van der Waals surface area (Å²) in [7, 11) is 0. The van der Waals surface area contributed by atoms with E-state index in [0.717, 1.165) is 26.1 Å². The molecule has 0 bridgehead atoms. The number of rotatable bonds is 3. The van der Waals surface area contributed by atoms with Gasteiger partial charge in [-0.3, -0.25) is 9.59 Å². The summed E-state index contributed by atoms with van der Waals surface area (Å²) in [4.78, 5) is 29.2. The number of morpholine rings is 1. The molecule has 7 heteroatoms. The number of nitrogens with zero attached hydrogens (tertiary/aromatic N) is 2. The van der Waals surface area contributed by atoms with Gasteiger partial charge in [0.1, 0.15) is 6.04 Å². The summed E-state index contributed by atoms with van der Waals surface area (Å²) in [5.41, 5.74) is 0. The van der Waals surface area contributed by atoms with Gasteiger partial charge in [0.05, 0.1) is 12.7 Å². The average Bonchev–Trinajstić information content (AvgIpc) is 2.96. The molecule has 3 fully saturated rings. The molecule has 1 aliphatic carbocycles. The van der Waals surface area contributed by atoms with Crippen LogP contribution in [-0.4, -0.2) is 73.1 Å². The molecule has 2 saturated heterocycles. The van der Waals surface area contributed by atoms with Gasteiger partial charge in [0.25, 0.3) is 0 Å². The van der Waals surface area contributed by atoms with Crippen molar-refractivity contribution in [1.29, 1.82) is 0 Å². The van der Waals surface area contributed by atoms with Crippen LogP contribution in [0.15, 0.2) is 0 Å². The van der Waals surface area contributed by atoms with Crippen molar-refractivity contribution in [3.8, 4) is 0 Å². The van der Waals surface area contributed by atoms with Crippen molar-refractivity contribution in [3.63, 3.8) is 0 Å². The highest BCUT2D eigenvalue weighted by Crippen LogP contribution is 2.28. The minimum atomic E-state index is -0.250. The fraction of sp³-hybridized carbons (Fsp3) is 0.889. The smallest absolute Gasteiger partial charge is 0.242 e. The van der Waals surface area contributed by atoms with Gasteiger partial charge in [0.15, 0.2) is 0 Å². The number of nitrogens with one attached hydrogen (secondary N) is 1. The fourth-order valence-electron chi connectivity index (χ4n) is 4.18. The number of hydrogen-bond acceptors (Lipinski definition) is 4. The molecule has 1 saturated carbocycles. The lowest BCUT2D eigenvalue weighted by Gasteiger charge is -2.33. The first-order chi connectivity index (χ1) is 11.6. The third-order valence-electron chi connectivity index (χ3n) is 5.68. The third kappa shape index (κ3) is 5.31. The van der Waals surface area contributed by atoms with E-state index in [2.05, 4.69) is 5.32 Å². The van der Waals surface area contributed by atoms with Gasteiger partial charge in [0.2, 0.25) is 11.8 Å². The van der Waals surface area contributed by atoms with Crippen molar-refractivity contribution < 1.29 is 14.3 Å². The Morgan fingerprint density at radius 2 is 1.72 bits per heavy atom. The molecule has 2 heterocycles. The first-order valence-electron chi connectivity index (χ1n) is 9.56. The van der Waals surface area contributed by atoms with Crippen LogP contribution >= 0.6 is 12.4 Å². The standard InChI is InChI=1S/C18H31N3O3.ClH/c1-14-17(19-7-12-24-14)18(23)21-9-4-8-20(10-11-21)16(22)13-15-5-2-3-6-15;/h14-15,17,19H,2-13H2,1H3;1H/t14-,17+;/m1./s1. The highest BCUT2D eigenvalue weighted by molar-refractivity contribution is 5.85. The topological polar surface area (TPSA) is 61.9 Å². The van der Waals surface area contributed by atoms with Crippen LogP contribution < -0.4 is 5.32 Å². The van der Waals surface area contributed by atoms with Gasteiger partial charge in [-0.15, -0.1) is 12.4 Å². The molecule has 1 N–H and O–H groups in total. The van der Waals surface area contributed by atoms with Crippen LogP contribution in [0.25, 0.3) is 0 Å². The summed E-state index contributed by atoms with van der Waals surface area (Å²) in [6, 6.07) is -0.250. The maximum Gasteiger partial charge on any atom is 0.242 e. The zero-order valence-electron chi connectivity index (χ0n) is 15.2. The van der Waals surface area contributed by atoms with E-state index in [1.165, 1.54) is 25.7 Å². The second-order valence-corrected chi connectivity index (χ2v) is 7.42. The minimum absolute atomic E-state index is 0. The molecular formula is C18H32ClN3O3. The molecule has 2 aliphatic heterocycles. The zero-order chi connectivity index (χ0) is 16.9. The Morgan fingerprint density at radius 1 is 1.04 bits per heavy atom. The number of ether oxygens (including phenoxy) is 1.